The Morgan fingerprint density at radius 2 is 2.04 bits per heavy atom. The van der Waals surface area contributed by atoms with Gasteiger partial charge in [0, 0.05) is 18.9 Å². The van der Waals surface area contributed by atoms with Crippen molar-refractivity contribution in [3.8, 4) is 5.75 Å². The lowest BCUT2D eigenvalue weighted by atomic mass is 10.0. The van der Waals surface area contributed by atoms with Gasteiger partial charge >= 0.3 is 6.09 Å². The first kappa shape index (κ1) is 19.1. The second-order valence-corrected chi connectivity index (χ2v) is 6.25. The van der Waals surface area contributed by atoms with Gasteiger partial charge in [-0.3, -0.25) is 4.98 Å². The summed E-state index contributed by atoms with van der Waals surface area (Å²) in [6.07, 6.45) is 11.9. The lowest BCUT2D eigenvalue weighted by Crippen LogP contribution is -2.35. The standard InChI is InChI=1S/C22H21N3O3/c23-22(27)28-21-7-4-12-24-20(21)9-8-17-10-13-25(14-11-17)19(16-26)15-18-5-2-1-3-6-18/h1-13,16,19H,14-15H2,(H2,23,27)/t19-/m0/s1. The van der Waals surface area contributed by atoms with Crippen LogP contribution in [0.15, 0.2) is 78.7 Å². The first-order valence-corrected chi connectivity index (χ1v) is 8.89. The van der Waals surface area contributed by atoms with E-state index in [4.69, 9.17) is 10.5 Å². The maximum atomic E-state index is 11.6. The zero-order valence-corrected chi connectivity index (χ0v) is 15.3. The lowest BCUT2D eigenvalue weighted by molar-refractivity contribution is -0.111. The zero-order valence-electron chi connectivity index (χ0n) is 15.3. The van der Waals surface area contributed by atoms with Gasteiger partial charge in [0.15, 0.2) is 5.75 Å². The highest BCUT2D eigenvalue weighted by atomic mass is 16.5. The molecule has 0 spiro atoms. The fourth-order valence-corrected chi connectivity index (χ4v) is 2.89. The highest BCUT2D eigenvalue weighted by molar-refractivity contribution is 5.70. The average Bonchev–Trinajstić information content (AvgIpc) is 2.72. The van der Waals surface area contributed by atoms with Crippen molar-refractivity contribution in [3.63, 3.8) is 0 Å². The molecule has 2 aromatic rings. The number of carbonyl (C=O) groups is 2. The first-order valence-electron chi connectivity index (χ1n) is 8.89. The summed E-state index contributed by atoms with van der Waals surface area (Å²) in [5.74, 6) is 0.303. The molecule has 2 heterocycles. The van der Waals surface area contributed by atoms with Crippen LogP contribution in [0.4, 0.5) is 4.79 Å². The van der Waals surface area contributed by atoms with E-state index in [1.165, 1.54) is 0 Å². The summed E-state index contributed by atoms with van der Waals surface area (Å²) < 4.78 is 4.95. The van der Waals surface area contributed by atoms with Gasteiger partial charge in [-0.25, -0.2) is 4.79 Å². The molecule has 1 aromatic carbocycles. The van der Waals surface area contributed by atoms with Crippen molar-refractivity contribution in [1.29, 1.82) is 0 Å². The third-order valence-corrected chi connectivity index (χ3v) is 4.31. The highest BCUT2D eigenvalue weighted by Gasteiger charge is 2.16. The van der Waals surface area contributed by atoms with E-state index in [2.05, 4.69) is 4.98 Å². The number of aromatic nitrogens is 1. The molecule has 6 nitrogen and oxygen atoms in total. The van der Waals surface area contributed by atoms with Crippen LogP contribution in [0.2, 0.25) is 0 Å². The average molecular weight is 375 g/mol. The van der Waals surface area contributed by atoms with E-state index in [0.29, 0.717) is 24.4 Å². The van der Waals surface area contributed by atoms with Crippen molar-refractivity contribution in [2.45, 2.75) is 12.5 Å². The Balaban J connectivity index is 1.64. The number of hydrogen-bond donors (Lipinski definition) is 1. The lowest BCUT2D eigenvalue weighted by Gasteiger charge is -2.28. The normalized spacial score (nSPS) is 14.6. The largest absolute Gasteiger partial charge is 0.410 e. The van der Waals surface area contributed by atoms with Crippen LogP contribution in [-0.4, -0.2) is 34.8 Å². The van der Waals surface area contributed by atoms with Crippen molar-refractivity contribution in [2.24, 2.45) is 5.73 Å². The Hall–Kier alpha value is -3.67. The number of carbonyl (C=O) groups excluding carboxylic acids is 2. The predicted octanol–water partition coefficient (Wildman–Crippen LogP) is 3.12. The first-order chi connectivity index (χ1) is 13.7. The molecule has 0 radical (unpaired) electrons. The minimum atomic E-state index is -0.881. The Morgan fingerprint density at radius 3 is 2.71 bits per heavy atom. The van der Waals surface area contributed by atoms with E-state index in [9.17, 15) is 9.59 Å². The van der Waals surface area contributed by atoms with E-state index in [1.807, 2.05) is 59.7 Å². The Labute approximate surface area is 163 Å². The van der Waals surface area contributed by atoms with E-state index in [1.54, 1.807) is 24.4 Å². The summed E-state index contributed by atoms with van der Waals surface area (Å²) in [6.45, 7) is 0.624. The quantitative estimate of drug-likeness (QED) is 0.752. The molecular formula is C22H21N3O3. The van der Waals surface area contributed by atoms with Gasteiger partial charge in [0.1, 0.15) is 12.0 Å². The van der Waals surface area contributed by atoms with Crippen molar-refractivity contribution in [3.05, 3.63) is 89.9 Å². The molecule has 0 aliphatic carbocycles. The second kappa shape index (κ2) is 9.32. The molecular weight excluding hydrogens is 354 g/mol. The van der Waals surface area contributed by atoms with Gasteiger partial charge in [-0.1, -0.05) is 42.5 Å². The van der Waals surface area contributed by atoms with Gasteiger partial charge in [-0.05, 0) is 41.8 Å². The summed E-state index contributed by atoms with van der Waals surface area (Å²) >= 11 is 0. The van der Waals surface area contributed by atoms with Gasteiger partial charge in [-0.2, -0.15) is 0 Å². The molecule has 0 saturated heterocycles. The number of benzene rings is 1. The number of aldehydes is 1. The number of hydrogen-bond acceptors (Lipinski definition) is 5. The van der Waals surface area contributed by atoms with Crippen LogP contribution in [0.1, 0.15) is 11.3 Å². The van der Waals surface area contributed by atoms with E-state index >= 15 is 0 Å². The maximum absolute atomic E-state index is 11.6. The molecule has 1 aromatic heterocycles. The number of pyridine rings is 1. The molecule has 28 heavy (non-hydrogen) atoms. The number of allylic oxidation sites excluding steroid dienone is 3. The van der Waals surface area contributed by atoms with E-state index in [0.717, 1.165) is 17.4 Å². The van der Waals surface area contributed by atoms with Crippen LogP contribution >= 0.6 is 0 Å². The van der Waals surface area contributed by atoms with Crippen LogP contribution in [0.25, 0.3) is 6.08 Å². The maximum Gasteiger partial charge on any atom is 0.410 e. The summed E-state index contributed by atoms with van der Waals surface area (Å²) in [5.41, 5.74) is 7.68. The zero-order chi connectivity index (χ0) is 19.8. The van der Waals surface area contributed by atoms with Gasteiger partial charge in [-0.15, -0.1) is 0 Å². The second-order valence-electron chi connectivity index (χ2n) is 6.25. The van der Waals surface area contributed by atoms with Crippen molar-refractivity contribution in [2.75, 3.05) is 6.54 Å². The molecule has 0 fully saturated rings. The highest BCUT2D eigenvalue weighted by Crippen LogP contribution is 2.19. The molecule has 1 atom stereocenters. The number of amides is 1. The molecule has 142 valence electrons. The van der Waals surface area contributed by atoms with Crippen molar-refractivity contribution < 1.29 is 14.3 Å². The predicted molar refractivity (Wildman–Crippen MR) is 107 cm³/mol. The molecule has 1 amide bonds. The summed E-state index contributed by atoms with van der Waals surface area (Å²) in [7, 11) is 0. The van der Waals surface area contributed by atoms with Crippen molar-refractivity contribution >= 4 is 18.5 Å². The number of nitrogens with zero attached hydrogens (tertiary/aromatic N) is 2. The Kier molecular flexibility index (Phi) is 6.36. The van der Waals surface area contributed by atoms with Gasteiger partial charge in [0.05, 0.1) is 6.04 Å². The molecule has 2 N–H and O–H groups in total. The third-order valence-electron chi connectivity index (χ3n) is 4.31. The monoisotopic (exact) mass is 375 g/mol. The molecule has 0 unspecified atom stereocenters. The smallest absolute Gasteiger partial charge is 0.408 e. The topological polar surface area (TPSA) is 85.5 Å². The molecule has 0 saturated carbocycles. The summed E-state index contributed by atoms with van der Waals surface area (Å²) in [4.78, 5) is 28.7. The van der Waals surface area contributed by atoms with E-state index < -0.39 is 6.09 Å². The van der Waals surface area contributed by atoms with Gasteiger partial charge in [0.25, 0.3) is 0 Å². The SMILES string of the molecule is NC(=O)Oc1cccnc1C=CC1=CCN([C@H](C=O)Cc2ccccc2)C=C1. The van der Waals surface area contributed by atoms with Crippen LogP contribution in [0.5, 0.6) is 5.75 Å². The fraction of sp³-hybridized carbons (Fsp3) is 0.136. The Morgan fingerprint density at radius 1 is 1.21 bits per heavy atom. The number of rotatable bonds is 7. The van der Waals surface area contributed by atoms with Crippen LogP contribution < -0.4 is 10.5 Å². The molecule has 0 bridgehead atoms. The molecule has 3 rings (SSSR count). The molecule has 6 heteroatoms. The minimum Gasteiger partial charge on any atom is -0.408 e. The Bertz CT molecular complexity index is 920. The van der Waals surface area contributed by atoms with Gasteiger partial charge < -0.3 is 20.2 Å². The van der Waals surface area contributed by atoms with Gasteiger partial charge in [0.2, 0.25) is 0 Å². The van der Waals surface area contributed by atoms with Crippen molar-refractivity contribution in [1.82, 2.24) is 9.88 Å². The van der Waals surface area contributed by atoms with E-state index in [-0.39, 0.29) is 6.04 Å². The minimum absolute atomic E-state index is 0.216. The number of nitrogens with two attached hydrogens (primary N) is 1. The van der Waals surface area contributed by atoms with Crippen LogP contribution in [0, 0.1) is 0 Å². The van der Waals surface area contributed by atoms with Crippen LogP contribution in [-0.2, 0) is 11.2 Å². The molecule has 1 aliphatic heterocycles. The summed E-state index contributed by atoms with van der Waals surface area (Å²) in [5, 5.41) is 0. The number of ether oxygens (including phenoxy) is 1. The number of primary amides is 1. The third kappa shape index (κ3) is 5.17. The summed E-state index contributed by atoms with van der Waals surface area (Å²) in [6, 6.07) is 13.0. The fourth-order valence-electron chi connectivity index (χ4n) is 2.89. The molecule has 1 aliphatic rings. The van der Waals surface area contributed by atoms with Crippen LogP contribution in [0.3, 0.4) is 0 Å².